The molecule has 0 atom stereocenters. The molecule has 1 fully saturated rings. The van der Waals surface area contributed by atoms with Gasteiger partial charge in [0.05, 0.1) is 23.6 Å². The first kappa shape index (κ1) is 26.2. The van der Waals surface area contributed by atoms with Crippen LogP contribution in [-0.2, 0) is 26.2 Å². The zero-order valence-electron chi connectivity index (χ0n) is 17.5. The number of carbonyl (C=O) groups is 3. The number of halogens is 1. The van der Waals surface area contributed by atoms with Crippen molar-refractivity contribution in [3.8, 4) is 0 Å². The molecule has 0 saturated carbocycles. The summed E-state index contributed by atoms with van der Waals surface area (Å²) < 4.78 is 26.6. The Bertz CT molecular complexity index is 1060. The number of aromatic nitrogens is 2. The Morgan fingerprint density at radius 3 is 2.18 bits per heavy atom. The lowest BCUT2D eigenvalue weighted by Crippen LogP contribution is -2.39. The zero-order valence-corrected chi connectivity index (χ0v) is 19.1. The summed E-state index contributed by atoms with van der Waals surface area (Å²) in [6.07, 6.45) is 4.89. The average molecular weight is 499 g/mol. The van der Waals surface area contributed by atoms with E-state index in [1.807, 2.05) is 6.07 Å². The summed E-state index contributed by atoms with van der Waals surface area (Å²) in [7, 11) is -3.40. The lowest BCUT2D eigenvalue weighted by molar-refractivity contribution is -0.159. The molecule has 1 amide bonds. The molecule has 3 rings (SSSR count). The molecule has 0 bridgehead atoms. The van der Waals surface area contributed by atoms with Gasteiger partial charge in [-0.25, -0.2) is 27.3 Å². The van der Waals surface area contributed by atoms with Crippen LogP contribution in [0.4, 0.5) is 0 Å². The van der Waals surface area contributed by atoms with Crippen molar-refractivity contribution in [2.24, 2.45) is 0 Å². The topological polar surface area (TPSA) is 158 Å². The van der Waals surface area contributed by atoms with Crippen LogP contribution in [0.3, 0.4) is 0 Å². The minimum atomic E-state index is -3.40. The van der Waals surface area contributed by atoms with Crippen LogP contribution in [0, 0.1) is 0 Å². The van der Waals surface area contributed by atoms with Gasteiger partial charge in [0.2, 0.25) is 10.0 Å². The molecule has 1 aliphatic rings. The quantitative estimate of drug-likeness (QED) is 0.424. The van der Waals surface area contributed by atoms with Crippen molar-refractivity contribution in [3.05, 3.63) is 59.1 Å². The van der Waals surface area contributed by atoms with E-state index in [0.717, 1.165) is 12.8 Å². The van der Waals surface area contributed by atoms with Crippen LogP contribution in [-0.4, -0.2) is 81.0 Å². The highest BCUT2D eigenvalue weighted by atomic mass is 35.5. The molecule has 0 radical (unpaired) electrons. The first-order valence-corrected chi connectivity index (χ1v) is 11.8. The van der Waals surface area contributed by atoms with Gasteiger partial charge < -0.3 is 15.1 Å². The van der Waals surface area contributed by atoms with E-state index in [0.29, 0.717) is 18.8 Å². The third kappa shape index (κ3) is 8.08. The molecule has 2 N–H and O–H groups in total. The third-order valence-corrected chi connectivity index (χ3v) is 6.77. The van der Waals surface area contributed by atoms with Gasteiger partial charge in [-0.2, -0.15) is 0 Å². The Hall–Kier alpha value is -3.09. The summed E-state index contributed by atoms with van der Waals surface area (Å²) in [5.74, 6) is -4.15. The largest absolute Gasteiger partial charge is 0.473 e. The maximum atomic E-state index is 13.0. The summed E-state index contributed by atoms with van der Waals surface area (Å²) in [6, 6.07) is 8.60. The number of nitrogens with zero attached hydrogens (tertiary/aromatic N) is 4. The average Bonchev–Trinajstić information content (AvgIpc) is 3.34. The van der Waals surface area contributed by atoms with E-state index in [9.17, 15) is 13.2 Å². The van der Waals surface area contributed by atoms with Crippen LogP contribution in [0.25, 0.3) is 0 Å². The number of amides is 1. The lowest BCUT2D eigenvalue weighted by Gasteiger charge is -2.24. The second-order valence-corrected chi connectivity index (χ2v) is 9.37. The number of carboxylic acids is 2. The second-order valence-electron chi connectivity index (χ2n) is 6.92. The predicted octanol–water partition coefficient (Wildman–Crippen LogP) is 1.35. The van der Waals surface area contributed by atoms with Gasteiger partial charge in [-0.15, -0.1) is 0 Å². The minimum absolute atomic E-state index is 0.0550. The van der Waals surface area contributed by atoms with Crippen molar-refractivity contribution >= 4 is 39.5 Å². The Labute approximate surface area is 195 Å². The van der Waals surface area contributed by atoms with Gasteiger partial charge in [-0.05, 0) is 37.1 Å². The molecule has 0 aliphatic carbocycles. The molecule has 178 valence electrons. The summed E-state index contributed by atoms with van der Waals surface area (Å²) in [4.78, 5) is 40.8. The first-order chi connectivity index (χ1) is 15.6. The standard InChI is InChI=1S/C18H21ClN4O3S.C2H2O4/c19-17-16(7-5-9-21-17)18(24)22(14-15-6-1-2-8-20-15)12-13-27(25,26)23-10-3-4-11-23;3-1(4)2(5)6/h1-2,5-9H,3-4,10-14H2;(H,3,4)(H,5,6). The zero-order chi connectivity index (χ0) is 24.4. The minimum Gasteiger partial charge on any atom is -0.473 e. The van der Waals surface area contributed by atoms with E-state index in [2.05, 4.69) is 9.97 Å². The maximum absolute atomic E-state index is 13.0. The Morgan fingerprint density at radius 2 is 1.64 bits per heavy atom. The van der Waals surface area contributed by atoms with E-state index in [1.54, 1.807) is 30.5 Å². The number of carbonyl (C=O) groups excluding carboxylic acids is 1. The Kier molecular flexibility index (Phi) is 9.70. The number of hydrogen-bond acceptors (Lipinski definition) is 7. The number of aliphatic carboxylic acids is 2. The van der Waals surface area contributed by atoms with E-state index >= 15 is 0 Å². The highest BCUT2D eigenvalue weighted by Gasteiger charge is 2.27. The Morgan fingerprint density at radius 1 is 1.00 bits per heavy atom. The van der Waals surface area contributed by atoms with Crippen LogP contribution in [0.15, 0.2) is 42.7 Å². The van der Waals surface area contributed by atoms with Crippen LogP contribution in [0.5, 0.6) is 0 Å². The van der Waals surface area contributed by atoms with Crippen molar-refractivity contribution in [2.75, 3.05) is 25.4 Å². The van der Waals surface area contributed by atoms with E-state index < -0.39 is 22.0 Å². The number of hydrogen-bond donors (Lipinski definition) is 2. The smallest absolute Gasteiger partial charge is 0.414 e. The maximum Gasteiger partial charge on any atom is 0.414 e. The van der Waals surface area contributed by atoms with Crippen LogP contribution >= 0.6 is 11.6 Å². The van der Waals surface area contributed by atoms with Gasteiger partial charge in [0.15, 0.2) is 0 Å². The fourth-order valence-corrected chi connectivity index (χ4v) is 4.70. The van der Waals surface area contributed by atoms with Gasteiger partial charge in [-0.3, -0.25) is 9.78 Å². The van der Waals surface area contributed by atoms with Crippen molar-refractivity contribution < 1.29 is 33.0 Å². The fourth-order valence-electron chi connectivity index (χ4n) is 2.98. The normalized spacial score (nSPS) is 13.6. The molecule has 11 nitrogen and oxygen atoms in total. The first-order valence-electron chi connectivity index (χ1n) is 9.85. The summed E-state index contributed by atoms with van der Waals surface area (Å²) in [6.45, 7) is 1.34. The number of pyridine rings is 2. The molecule has 13 heteroatoms. The monoisotopic (exact) mass is 498 g/mol. The molecule has 2 aromatic heterocycles. The van der Waals surface area contributed by atoms with E-state index in [-0.39, 0.29) is 35.5 Å². The second kappa shape index (κ2) is 12.2. The highest BCUT2D eigenvalue weighted by Crippen LogP contribution is 2.17. The van der Waals surface area contributed by atoms with Crippen molar-refractivity contribution in [3.63, 3.8) is 0 Å². The third-order valence-electron chi connectivity index (χ3n) is 4.62. The molecule has 0 aromatic carbocycles. The number of rotatable bonds is 7. The summed E-state index contributed by atoms with van der Waals surface area (Å²) >= 11 is 6.06. The van der Waals surface area contributed by atoms with Gasteiger partial charge in [0.1, 0.15) is 5.15 Å². The number of sulfonamides is 1. The van der Waals surface area contributed by atoms with Crippen molar-refractivity contribution in [1.29, 1.82) is 0 Å². The van der Waals surface area contributed by atoms with Crippen molar-refractivity contribution in [1.82, 2.24) is 19.2 Å². The van der Waals surface area contributed by atoms with Crippen LogP contribution in [0.1, 0.15) is 28.9 Å². The molecule has 0 unspecified atom stereocenters. The molecule has 3 heterocycles. The molecule has 0 spiro atoms. The summed E-state index contributed by atoms with van der Waals surface area (Å²) in [5, 5.41) is 14.9. The molecule has 2 aromatic rings. The van der Waals surface area contributed by atoms with E-state index in [4.69, 9.17) is 31.4 Å². The molecule has 33 heavy (non-hydrogen) atoms. The van der Waals surface area contributed by atoms with Crippen LogP contribution in [0.2, 0.25) is 5.15 Å². The van der Waals surface area contributed by atoms with Crippen molar-refractivity contribution in [2.45, 2.75) is 19.4 Å². The van der Waals surface area contributed by atoms with Gasteiger partial charge in [0.25, 0.3) is 5.91 Å². The van der Waals surface area contributed by atoms with Gasteiger partial charge >= 0.3 is 11.9 Å². The molecular weight excluding hydrogens is 476 g/mol. The SMILES string of the molecule is O=C(O)C(=O)O.O=C(c1cccnc1Cl)N(CCS(=O)(=O)N1CCCC1)Cc1ccccn1. The van der Waals surface area contributed by atoms with E-state index in [1.165, 1.54) is 15.4 Å². The predicted molar refractivity (Wildman–Crippen MR) is 118 cm³/mol. The van der Waals surface area contributed by atoms with Gasteiger partial charge in [-0.1, -0.05) is 17.7 Å². The summed E-state index contributed by atoms with van der Waals surface area (Å²) in [5.41, 5.74) is 0.915. The number of carboxylic acid groups (broad SMARTS) is 2. The molecular formula is C20H23ClN4O7S. The van der Waals surface area contributed by atoms with Gasteiger partial charge in [0, 0.05) is 32.0 Å². The van der Waals surface area contributed by atoms with Crippen LogP contribution < -0.4 is 0 Å². The molecule has 1 saturated heterocycles. The molecule has 1 aliphatic heterocycles. The fraction of sp³-hybridized carbons (Fsp3) is 0.350. The Balaban J connectivity index is 0.000000569. The lowest BCUT2D eigenvalue weighted by atomic mass is 10.2. The highest BCUT2D eigenvalue weighted by molar-refractivity contribution is 7.89.